The Balaban J connectivity index is 0.000000105. The minimum atomic E-state index is 0.577. The summed E-state index contributed by atoms with van der Waals surface area (Å²) in [5.74, 6) is 3.41. The second-order valence-electron chi connectivity index (χ2n) is 24.8. The van der Waals surface area contributed by atoms with E-state index in [9.17, 15) is 0 Å². The molecule has 0 fully saturated rings. The largest absolute Gasteiger partial charge is 0.454 e. The Bertz CT molecular complexity index is 6120. The first-order chi connectivity index (χ1) is 49.1. The molecule has 0 unspecified atom stereocenters. The van der Waals surface area contributed by atoms with Gasteiger partial charge in [-0.25, -0.2) is 24.9 Å². The van der Waals surface area contributed by atoms with Crippen molar-refractivity contribution in [2.45, 2.75) is 0 Å². The lowest BCUT2D eigenvalue weighted by Gasteiger charge is -2.12. The summed E-state index contributed by atoms with van der Waals surface area (Å²) in [6.07, 6.45) is 3.50. The Morgan fingerprint density at radius 1 is 0.192 bits per heavy atom. The highest BCUT2D eigenvalue weighted by atomic mass is 16.3. The van der Waals surface area contributed by atoms with Crippen LogP contribution < -0.4 is 0 Å². The second kappa shape index (κ2) is 23.8. The van der Waals surface area contributed by atoms with E-state index in [1.54, 1.807) is 12.4 Å². The van der Waals surface area contributed by atoms with Gasteiger partial charge >= 0.3 is 0 Å². The molecule has 0 amide bonds. The van der Waals surface area contributed by atoms with Gasteiger partial charge < -0.3 is 13.3 Å². The third kappa shape index (κ3) is 9.64. The van der Waals surface area contributed by atoms with E-state index >= 15 is 0 Å². The Hall–Kier alpha value is -13.4. The van der Waals surface area contributed by atoms with Crippen LogP contribution in [0.4, 0.5) is 0 Å². The van der Waals surface area contributed by atoms with Crippen LogP contribution in [-0.2, 0) is 0 Å². The monoisotopic (exact) mass is 1270 g/mol. The van der Waals surface area contributed by atoms with Crippen LogP contribution in [0.3, 0.4) is 0 Å². The average molecular weight is 1270 g/mol. The Labute approximate surface area is 570 Å². The molecule has 0 N–H and O–H groups in total. The van der Waals surface area contributed by atoms with Gasteiger partial charge in [0.05, 0.1) is 17.1 Å². The van der Waals surface area contributed by atoms with Crippen LogP contribution in [0.5, 0.6) is 0 Å². The minimum absolute atomic E-state index is 0.577. The average Bonchev–Trinajstić information content (AvgIpc) is 1.59. The highest BCUT2D eigenvalue weighted by Gasteiger charge is 2.32. The maximum atomic E-state index is 6.68. The smallest absolute Gasteiger partial charge is 0.197 e. The number of hydrogen-bond acceptors (Lipinski definition) is 8. The topological polar surface area (TPSA) is 104 Å². The second-order valence-corrected chi connectivity index (χ2v) is 24.8. The summed E-state index contributed by atoms with van der Waals surface area (Å²) in [7, 11) is 0. The number of benzene rings is 12. The summed E-state index contributed by atoms with van der Waals surface area (Å²) in [5.41, 5.74) is 30.4. The summed E-state index contributed by atoms with van der Waals surface area (Å²) in [4.78, 5) is 24.1. The van der Waals surface area contributed by atoms with Crippen molar-refractivity contribution in [2.75, 3.05) is 0 Å². The maximum Gasteiger partial charge on any atom is 0.197 e. The van der Waals surface area contributed by atoms with Crippen molar-refractivity contribution in [3.05, 3.63) is 334 Å². The van der Waals surface area contributed by atoms with E-state index in [2.05, 4.69) is 247 Å². The fraction of sp³-hybridized carbons (Fsp3) is 0. The van der Waals surface area contributed by atoms with Crippen molar-refractivity contribution >= 4 is 32.9 Å². The van der Waals surface area contributed by atoms with E-state index in [-0.39, 0.29) is 0 Å². The van der Waals surface area contributed by atoms with E-state index < -0.39 is 0 Å². The third-order valence-electron chi connectivity index (χ3n) is 19.1. The number of hydrogen-bond donors (Lipinski definition) is 0. The number of fused-ring (bicyclic) bond motifs is 15. The number of furan rings is 3. The minimum Gasteiger partial charge on any atom is -0.454 e. The first-order valence-corrected chi connectivity index (χ1v) is 33.2. The van der Waals surface area contributed by atoms with Gasteiger partial charge in [0.2, 0.25) is 0 Å². The molecule has 3 aliphatic rings. The van der Waals surface area contributed by atoms with Gasteiger partial charge in [0.25, 0.3) is 0 Å². The van der Waals surface area contributed by atoms with Crippen molar-refractivity contribution in [2.24, 2.45) is 0 Å². The molecule has 21 rings (SSSR count). The van der Waals surface area contributed by atoms with E-state index in [4.69, 9.17) is 28.2 Å². The van der Waals surface area contributed by atoms with Crippen LogP contribution >= 0.6 is 0 Å². The van der Waals surface area contributed by atoms with Crippen LogP contribution in [0.2, 0.25) is 0 Å². The summed E-state index contributed by atoms with van der Waals surface area (Å²) < 4.78 is 19.5. The molecular formula is C91H55N5O3. The van der Waals surface area contributed by atoms with Gasteiger partial charge in [0.1, 0.15) is 22.4 Å². The van der Waals surface area contributed by atoms with Crippen LogP contribution in [0, 0.1) is 0 Å². The lowest BCUT2D eigenvalue weighted by molar-refractivity contribution is 0.626. The predicted molar refractivity (Wildman–Crippen MR) is 400 cm³/mol. The van der Waals surface area contributed by atoms with E-state index in [1.807, 2.05) is 84.9 Å². The van der Waals surface area contributed by atoms with E-state index in [0.717, 1.165) is 117 Å². The normalized spacial score (nSPS) is 11.6. The van der Waals surface area contributed by atoms with Crippen LogP contribution in [0.15, 0.2) is 347 Å². The first-order valence-electron chi connectivity index (χ1n) is 33.2. The zero-order valence-corrected chi connectivity index (χ0v) is 53.2. The molecule has 6 heterocycles. The van der Waals surface area contributed by atoms with Gasteiger partial charge in [-0.2, -0.15) is 0 Å². The summed E-state index contributed by atoms with van der Waals surface area (Å²) in [5, 5.41) is 3.37. The molecule has 0 spiro atoms. The van der Waals surface area contributed by atoms with Crippen molar-refractivity contribution in [3.63, 3.8) is 0 Å². The highest BCUT2D eigenvalue weighted by Crippen LogP contribution is 2.55. The molecule has 0 bridgehead atoms. The molecule has 0 saturated carbocycles. The van der Waals surface area contributed by atoms with Crippen LogP contribution in [-0.4, -0.2) is 24.9 Å². The zero-order chi connectivity index (χ0) is 65.3. The molecule has 0 aliphatic heterocycles. The lowest BCUT2D eigenvalue weighted by Crippen LogP contribution is -1.96. The number of aromatic nitrogens is 5. The number of rotatable bonds is 6. The summed E-state index contributed by atoms with van der Waals surface area (Å²) >= 11 is 0. The van der Waals surface area contributed by atoms with Crippen LogP contribution in [0.1, 0.15) is 0 Å². The molecule has 0 radical (unpaired) electrons. The molecule has 462 valence electrons. The molecule has 8 nitrogen and oxygen atoms in total. The molecule has 0 atom stereocenters. The number of nitrogens with zero attached hydrogens (tertiary/aromatic N) is 5. The Morgan fingerprint density at radius 2 is 0.475 bits per heavy atom. The van der Waals surface area contributed by atoms with E-state index in [0.29, 0.717) is 17.4 Å². The maximum absolute atomic E-state index is 6.68. The van der Waals surface area contributed by atoms with Crippen molar-refractivity contribution in [1.82, 2.24) is 24.9 Å². The summed E-state index contributed by atoms with van der Waals surface area (Å²) in [6.45, 7) is 0. The van der Waals surface area contributed by atoms with Crippen LogP contribution in [0.25, 0.3) is 201 Å². The molecule has 99 heavy (non-hydrogen) atoms. The van der Waals surface area contributed by atoms with Gasteiger partial charge in [-0.1, -0.05) is 279 Å². The predicted octanol–water partition coefficient (Wildman–Crippen LogP) is 24.2. The SMILES string of the molecule is c1ccc(-c2cc(-c3ccccc3)nc(-c3oc4cccc5c4c3-c3ccccc3-c3ccccc3-5)n2)cc1.c1ccc(-c2cccc(-c3oc4cccc5c4c3-c3ccccc3-c3ccccc3-5)n2)cc1.c1cnc(-c2oc3cccc4c3c2-c2ccccc2-c2ccccc2-4)nc1. The first kappa shape index (κ1) is 57.1. The standard InChI is InChI=1S/C36H22N2O.C31H19NO.C24H14N2O/c1-3-12-23(13-4-1)30-22-31(24-14-5-2-6-15-24)38-36(37-30)35-34-29-19-10-9-18-27(29)25-16-7-8-17-26(25)28-20-11-21-32(39-35)33(28)34;1-2-10-20(11-3-1)26-17-9-18-27(32-26)31-30-25-15-7-6-14-23(25)21-12-4-5-13-22(21)24-16-8-19-28(33-31)29(24)30;1-2-8-16-15(7-1)17-9-3-4-10-19(17)22-21-18(16)11-5-12-20(21)27-23(22)24-25-13-6-14-26-24/h1-22H;1-19H;1-14H. The Morgan fingerprint density at radius 3 is 0.869 bits per heavy atom. The zero-order valence-electron chi connectivity index (χ0n) is 53.2. The Kier molecular flexibility index (Phi) is 13.7. The lowest BCUT2D eigenvalue weighted by atomic mass is 9.93. The molecule has 18 aromatic rings. The number of pyridine rings is 1. The van der Waals surface area contributed by atoms with E-state index in [1.165, 1.54) is 66.8 Å². The van der Waals surface area contributed by atoms with Crippen molar-refractivity contribution < 1.29 is 13.3 Å². The molecular weight excluding hydrogens is 1210 g/mol. The highest BCUT2D eigenvalue weighted by molar-refractivity contribution is 6.18. The fourth-order valence-electron chi connectivity index (χ4n) is 14.9. The quantitative estimate of drug-likeness (QED) is 0.162. The molecule has 8 heteroatoms. The third-order valence-corrected chi connectivity index (χ3v) is 19.1. The van der Waals surface area contributed by atoms with Crippen molar-refractivity contribution in [3.8, 4) is 169 Å². The van der Waals surface area contributed by atoms with Gasteiger partial charge in [-0.3, -0.25) is 0 Å². The molecule has 3 aliphatic carbocycles. The van der Waals surface area contributed by atoms with Gasteiger partial charge in [-0.15, -0.1) is 0 Å². The summed E-state index contributed by atoms with van der Waals surface area (Å²) in [6, 6.07) is 111. The van der Waals surface area contributed by atoms with Gasteiger partial charge in [0, 0.05) is 61.9 Å². The molecule has 6 aromatic heterocycles. The molecule has 12 aromatic carbocycles. The van der Waals surface area contributed by atoms with Gasteiger partial charge in [0.15, 0.2) is 28.9 Å². The fourth-order valence-corrected chi connectivity index (χ4v) is 14.9. The molecule has 0 saturated heterocycles. The van der Waals surface area contributed by atoms with Gasteiger partial charge in [-0.05, 0) is 126 Å². The van der Waals surface area contributed by atoms with Crippen molar-refractivity contribution in [1.29, 1.82) is 0 Å².